The first-order chi connectivity index (χ1) is 9.34. The van der Waals surface area contributed by atoms with E-state index >= 15 is 0 Å². The van der Waals surface area contributed by atoms with Crippen LogP contribution in [0, 0.1) is 0 Å². The van der Waals surface area contributed by atoms with Crippen LogP contribution in [0.4, 0.5) is 0 Å². The maximum absolute atomic E-state index is 5.76. The molecular formula is C14H23N3O2. The van der Waals surface area contributed by atoms with E-state index in [9.17, 15) is 0 Å². The summed E-state index contributed by atoms with van der Waals surface area (Å²) in [6.07, 6.45) is 7.97. The highest BCUT2D eigenvalue weighted by Crippen LogP contribution is 2.39. The van der Waals surface area contributed by atoms with E-state index in [1.165, 1.54) is 25.7 Å². The third-order valence-electron chi connectivity index (χ3n) is 4.55. The van der Waals surface area contributed by atoms with Gasteiger partial charge in [0.25, 0.3) is 0 Å². The second-order valence-corrected chi connectivity index (χ2v) is 5.76. The van der Waals surface area contributed by atoms with Gasteiger partial charge >= 0.3 is 0 Å². The van der Waals surface area contributed by atoms with Gasteiger partial charge in [-0.1, -0.05) is 24.4 Å². The van der Waals surface area contributed by atoms with Gasteiger partial charge in [0.05, 0.1) is 5.92 Å². The molecule has 1 aromatic heterocycles. The molecule has 0 spiro atoms. The SMILES string of the molecule is COC1(c2noc([C@@H]3CCCNC3)n2)CCCCC1. The van der Waals surface area contributed by atoms with Crippen LogP contribution in [0.2, 0.25) is 0 Å². The maximum atomic E-state index is 5.76. The fraction of sp³-hybridized carbons (Fsp3) is 0.857. The van der Waals surface area contributed by atoms with Crippen LogP contribution in [0.5, 0.6) is 0 Å². The topological polar surface area (TPSA) is 60.2 Å². The van der Waals surface area contributed by atoms with E-state index in [2.05, 4.69) is 15.5 Å². The minimum absolute atomic E-state index is 0.303. The number of hydrogen-bond donors (Lipinski definition) is 1. The zero-order valence-electron chi connectivity index (χ0n) is 11.7. The molecule has 0 amide bonds. The Morgan fingerprint density at radius 3 is 2.79 bits per heavy atom. The number of nitrogens with zero attached hydrogens (tertiary/aromatic N) is 2. The zero-order chi connectivity index (χ0) is 13.1. The number of aromatic nitrogens is 2. The minimum atomic E-state index is -0.303. The van der Waals surface area contributed by atoms with Crippen molar-refractivity contribution in [2.24, 2.45) is 0 Å². The summed E-state index contributed by atoms with van der Waals surface area (Å²) in [6, 6.07) is 0. The number of nitrogens with one attached hydrogen (secondary N) is 1. The molecule has 5 nitrogen and oxygen atoms in total. The lowest BCUT2D eigenvalue weighted by Gasteiger charge is -2.32. The largest absolute Gasteiger partial charge is 0.370 e. The molecule has 2 aliphatic rings. The van der Waals surface area contributed by atoms with Gasteiger partial charge in [-0.15, -0.1) is 0 Å². The summed E-state index contributed by atoms with van der Waals surface area (Å²) in [6.45, 7) is 2.04. The van der Waals surface area contributed by atoms with Gasteiger partial charge in [-0.3, -0.25) is 0 Å². The molecule has 0 aromatic carbocycles. The molecule has 1 aromatic rings. The highest BCUT2D eigenvalue weighted by Gasteiger charge is 2.39. The third kappa shape index (κ3) is 2.54. The summed E-state index contributed by atoms with van der Waals surface area (Å²) in [5.74, 6) is 1.91. The zero-order valence-corrected chi connectivity index (χ0v) is 11.7. The quantitative estimate of drug-likeness (QED) is 0.909. The van der Waals surface area contributed by atoms with Crippen LogP contribution >= 0.6 is 0 Å². The number of piperidine rings is 1. The minimum Gasteiger partial charge on any atom is -0.370 e. The molecule has 1 aliphatic carbocycles. The lowest BCUT2D eigenvalue weighted by Crippen LogP contribution is -2.32. The van der Waals surface area contributed by atoms with Crippen molar-refractivity contribution in [2.75, 3.05) is 20.2 Å². The Kier molecular flexibility index (Phi) is 3.84. The molecule has 0 bridgehead atoms. The fourth-order valence-electron chi connectivity index (χ4n) is 3.29. The molecule has 1 saturated heterocycles. The molecule has 0 radical (unpaired) electrons. The normalized spacial score (nSPS) is 27.3. The van der Waals surface area contributed by atoms with E-state index in [1.807, 2.05) is 0 Å². The molecule has 2 heterocycles. The van der Waals surface area contributed by atoms with Crippen LogP contribution in [-0.4, -0.2) is 30.3 Å². The average Bonchev–Trinajstić information content (AvgIpc) is 2.99. The first-order valence-electron chi connectivity index (χ1n) is 7.44. The van der Waals surface area contributed by atoms with Crippen LogP contribution in [0.15, 0.2) is 4.52 Å². The number of ether oxygens (including phenoxy) is 1. The van der Waals surface area contributed by atoms with Crippen molar-refractivity contribution in [3.63, 3.8) is 0 Å². The predicted octanol–water partition coefficient (Wildman–Crippen LogP) is 2.34. The van der Waals surface area contributed by atoms with Crippen LogP contribution in [0.3, 0.4) is 0 Å². The molecule has 19 heavy (non-hydrogen) atoms. The molecule has 1 N–H and O–H groups in total. The summed E-state index contributed by atoms with van der Waals surface area (Å²) in [5, 5.41) is 7.61. The lowest BCUT2D eigenvalue weighted by molar-refractivity contribution is -0.0527. The van der Waals surface area contributed by atoms with Gasteiger partial charge in [0.2, 0.25) is 11.7 Å². The third-order valence-corrected chi connectivity index (χ3v) is 4.55. The van der Waals surface area contributed by atoms with Crippen molar-refractivity contribution in [1.82, 2.24) is 15.5 Å². The summed E-state index contributed by atoms with van der Waals surface area (Å²) < 4.78 is 11.3. The lowest BCUT2D eigenvalue weighted by atomic mass is 9.84. The Morgan fingerprint density at radius 2 is 2.11 bits per heavy atom. The highest BCUT2D eigenvalue weighted by atomic mass is 16.5. The summed E-state index contributed by atoms with van der Waals surface area (Å²) in [4.78, 5) is 4.66. The van der Waals surface area contributed by atoms with Gasteiger partial charge < -0.3 is 14.6 Å². The second-order valence-electron chi connectivity index (χ2n) is 5.76. The van der Waals surface area contributed by atoms with E-state index in [-0.39, 0.29) is 5.60 Å². The van der Waals surface area contributed by atoms with Gasteiger partial charge in [0, 0.05) is 13.7 Å². The maximum Gasteiger partial charge on any atom is 0.231 e. The average molecular weight is 265 g/mol. The molecule has 106 valence electrons. The van der Waals surface area contributed by atoms with Crippen molar-refractivity contribution in [3.8, 4) is 0 Å². The Hall–Kier alpha value is -0.940. The Labute approximate surface area is 114 Å². The van der Waals surface area contributed by atoms with Crippen molar-refractivity contribution < 1.29 is 9.26 Å². The monoisotopic (exact) mass is 265 g/mol. The first-order valence-corrected chi connectivity index (χ1v) is 7.44. The molecule has 1 aliphatic heterocycles. The van der Waals surface area contributed by atoms with Crippen molar-refractivity contribution in [1.29, 1.82) is 0 Å². The van der Waals surface area contributed by atoms with E-state index in [0.29, 0.717) is 5.92 Å². The van der Waals surface area contributed by atoms with Crippen LogP contribution < -0.4 is 5.32 Å². The van der Waals surface area contributed by atoms with E-state index in [4.69, 9.17) is 9.26 Å². The van der Waals surface area contributed by atoms with Gasteiger partial charge in [-0.2, -0.15) is 4.98 Å². The highest BCUT2D eigenvalue weighted by molar-refractivity contribution is 5.06. The summed E-state index contributed by atoms with van der Waals surface area (Å²) in [7, 11) is 1.77. The summed E-state index contributed by atoms with van der Waals surface area (Å²) in [5.41, 5.74) is -0.303. The van der Waals surface area contributed by atoms with E-state index in [0.717, 1.165) is 44.1 Å². The Bertz CT molecular complexity index is 407. The molecule has 0 unspecified atom stereocenters. The van der Waals surface area contributed by atoms with Crippen LogP contribution in [-0.2, 0) is 10.3 Å². The number of hydrogen-bond acceptors (Lipinski definition) is 5. The van der Waals surface area contributed by atoms with Crippen LogP contribution in [0.1, 0.15) is 62.6 Å². The van der Waals surface area contributed by atoms with Gasteiger partial charge in [0.1, 0.15) is 5.60 Å². The Morgan fingerprint density at radius 1 is 1.26 bits per heavy atom. The number of rotatable bonds is 3. The van der Waals surface area contributed by atoms with E-state index < -0.39 is 0 Å². The van der Waals surface area contributed by atoms with Gasteiger partial charge in [-0.05, 0) is 32.2 Å². The predicted molar refractivity (Wildman–Crippen MR) is 70.9 cm³/mol. The first kappa shape index (κ1) is 13.1. The molecule has 1 saturated carbocycles. The Balaban J connectivity index is 1.79. The molecule has 2 fully saturated rings. The van der Waals surface area contributed by atoms with Crippen molar-refractivity contribution in [3.05, 3.63) is 11.7 Å². The molecule has 3 rings (SSSR count). The van der Waals surface area contributed by atoms with Gasteiger partial charge in [-0.25, -0.2) is 0 Å². The second kappa shape index (κ2) is 5.59. The molecule has 1 atom stereocenters. The van der Waals surface area contributed by atoms with E-state index in [1.54, 1.807) is 7.11 Å². The van der Waals surface area contributed by atoms with Crippen molar-refractivity contribution >= 4 is 0 Å². The molecular weight excluding hydrogens is 242 g/mol. The standard InChI is InChI=1S/C14H23N3O2/c1-18-14(7-3-2-4-8-14)13-16-12(19-17-13)11-6-5-9-15-10-11/h11,15H,2-10H2,1H3/t11-/m1/s1. The summed E-state index contributed by atoms with van der Waals surface area (Å²) >= 11 is 0. The number of methoxy groups -OCH3 is 1. The fourth-order valence-corrected chi connectivity index (χ4v) is 3.29. The van der Waals surface area contributed by atoms with Gasteiger partial charge in [0.15, 0.2) is 0 Å². The smallest absolute Gasteiger partial charge is 0.231 e. The molecule has 5 heteroatoms. The van der Waals surface area contributed by atoms with Crippen LogP contribution in [0.25, 0.3) is 0 Å². The van der Waals surface area contributed by atoms with Crippen molar-refractivity contribution in [2.45, 2.75) is 56.5 Å².